The Morgan fingerprint density at radius 1 is 0.645 bits per heavy atom. The van der Waals surface area contributed by atoms with E-state index < -0.39 is 22.6 Å². The van der Waals surface area contributed by atoms with E-state index in [1.807, 2.05) is 31.2 Å². The number of pyridine rings is 4. The molecule has 4 aromatic heterocycles. The van der Waals surface area contributed by atoms with Crippen LogP contribution in [0.3, 0.4) is 0 Å². The van der Waals surface area contributed by atoms with Crippen LogP contribution in [0.1, 0.15) is 21.5 Å². The number of carbonyl (C=O) groups is 1. The average Bonchev–Trinajstić information content (AvgIpc) is 3.42. The van der Waals surface area contributed by atoms with Crippen LogP contribution >= 0.6 is 58.0 Å². The predicted octanol–water partition coefficient (Wildman–Crippen LogP) is 11.1. The number of halogens is 8. The number of ether oxygens (including phenoxy) is 6. The molecule has 0 aliphatic carbocycles. The van der Waals surface area contributed by atoms with E-state index in [0.29, 0.717) is 64.6 Å². The lowest BCUT2D eigenvalue weighted by molar-refractivity contribution is -0.384. The Morgan fingerprint density at radius 2 is 1.12 bits per heavy atom. The van der Waals surface area contributed by atoms with E-state index in [9.17, 15) is 28.1 Å². The summed E-state index contributed by atoms with van der Waals surface area (Å²) in [5, 5.41) is 17.2. The molecule has 6 aromatic rings. The molecular formula is C50H53Cl5F3N9O9. The summed E-state index contributed by atoms with van der Waals surface area (Å²) in [6.07, 6.45) is -4.52. The third-order valence-electron chi connectivity index (χ3n) is 10.7. The third kappa shape index (κ3) is 20.2. The number of alkyl halides is 3. The molecular weight excluding hydrogens is 1100 g/mol. The minimum absolute atomic E-state index is 0.0178. The number of aryl methyl sites for hydroxylation is 1. The average molecular weight is 1160 g/mol. The van der Waals surface area contributed by atoms with Crippen LogP contribution in [0.2, 0.25) is 25.8 Å². The van der Waals surface area contributed by atoms with Gasteiger partial charge in [-0.1, -0.05) is 70.1 Å². The first-order valence-electron chi connectivity index (χ1n) is 23.0. The van der Waals surface area contributed by atoms with Gasteiger partial charge >= 0.3 is 6.18 Å². The Hall–Kier alpha value is -6.01. The van der Waals surface area contributed by atoms with E-state index in [4.69, 9.17) is 91.4 Å². The fourth-order valence-electron chi connectivity index (χ4n) is 6.88. The molecule has 1 amide bonds. The molecule has 2 N–H and O–H groups in total. The maximum Gasteiger partial charge on any atom is 0.416 e. The number of nitro groups is 1. The van der Waals surface area contributed by atoms with Crippen molar-refractivity contribution in [3.8, 4) is 28.5 Å². The predicted molar refractivity (Wildman–Crippen MR) is 288 cm³/mol. The van der Waals surface area contributed by atoms with Crippen LogP contribution in [-0.4, -0.2) is 131 Å². The van der Waals surface area contributed by atoms with Crippen LogP contribution in [-0.2, 0) is 20.4 Å². The van der Waals surface area contributed by atoms with Crippen LogP contribution in [0.5, 0.6) is 17.2 Å². The third-order valence-corrected chi connectivity index (χ3v) is 11.6. The molecule has 0 saturated carbocycles. The number of carbonyl (C=O) groups excluding carboxylic acids is 1. The van der Waals surface area contributed by atoms with E-state index in [1.54, 1.807) is 51.7 Å². The molecule has 3 fully saturated rings. The van der Waals surface area contributed by atoms with Crippen LogP contribution < -0.4 is 34.6 Å². The normalized spacial score (nSPS) is 14.1. The van der Waals surface area contributed by atoms with E-state index >= 15 is 0 Å². The highest BCUT2D eigenvalue weighted by Crippen LogP contribution is 2.33. The maximum atomic E-state index is 13.0. The zero-order chi connectivity index (χ0) is 55.2. The quantitative estimate of drug-likeness (QED) is 0.0787. The van der Waals surface area contributed by atoms with Gasteiger partial charge in [-0.3, -0.25) is 14.9 Å². The van der Waals surface area contributed by atoms with Crippen molar-refractivity contribution in [2.75, 3.05) is 115 Å². The molecule has 3 saturated heterocycles. The van der Waals surface area contributed by atoms with Crippen molar-refractivity contribution in [2.24, 2.45) is 0 Å². The fraction of sp³-hybridized carbons (Fsp3) is 0.340. The lowest BCUT2D eigenvalue weighted by Gasteiger charge is -2.28. The Bertz CT molecular complexity index is 2800. The van der Waals surface area contributed by atoms with Crippen molar-refractivity contribution in [3.63, 3.8) is 0 Å². The van der Waals surface area contributed by atoms with Crippen molar-refractivity contribution >= 4 is 86.9 Å². The summed E-state index contributed by atoms with van der Waals surface area (Å²) in [4.78, 5) is 42.8. The number of anilines is 3. The van der Waals surface area contributed by atoms with E-state index in [1.165, 1.54) is 12.1 Å². The molecule has 3 aliphatic heterocycles. The maximum absolute atomic E-state index is 13.0. The van der Waals surface area contributed by atoms with Crippen LogP contribution in [0.15, 0.2) is 91.0 Å². The standard InChI is InChI=1S/C25H24F3N3O3.C10H13ClN2O2.C6H5Cl2NO.C5H2Cl2N2O2.C4H9NO/c1-16-6-7-19(29-24(32)17-4-3-5-18(12-17)25(26,27)28)13-21(16)22-14-20(33-2)15-23(30-22)31-8-10-34-11-9-31;1-14-8-6-9(11)12-10(7-8)13-2-4-15-5-3-13;1-10-4-2-5(7)9-6(8)3-4;6-4-1-3(9(10)11)2-5(7)8-4;1-3-6-4-2-5-1/h3-7,12-15H,8-11H2,1-2H3,(H,29,32);6-7H,2-5H2,1H3;2-3H,1H3;1-2H;5H,1-4H2. The summed E-state index contributed by atoms with van der Waals surface area (Å²) < 4.78 is 70.2. The van der Waals surface area contributed by atoms with Gasteiger partial charge in [-0.25, -0.2) is 19.9 Å². The summed E-state index contributed by atoms with van der Waals surface area (Å²) in [5.41, 5.74) is 1.69. The Labute approximate surface area is 461 Å². The molecule has 408 valence electrons. The molecule has 9 rings (SSSR count). The summed E-state index contributed by atoms with van der Waals surface area (Å²) in [5.74, 6) is 2.97. The zero-order valence-corrected chi connectivity index (χ0v) is 45.3. The number of hydrogen-bond acceptors (Lipinski definition) is 16. The second kappa shape index (κ2) is 30.7. The van der Waals surface area contributed by atoms with Gasteiger partial charge in [-0.15, -0.1) is 0 Å². The number of aromatic nitrogens is 4. The Balaban J connectivity index is 0.000000207. The second-order valence-corrected chi connectivity index (χ2v) is 17.9. The van der Waals surface area contributed by atoms with Crippen LogP contribution in [0, 0.1) is 17.0 Å². The van der Waals surface area contributed by atoms with Crippen molar-refractivity contribution in [2.45, 2.75) is 13.1 Å². The highest BCUT2D eigenvalue weighted by molar-refractivity contribution is 6.33. The summed E-state index contributed by atoms with van der Waals surface area (Å²) >= 11 is 27.8. The number of nitrogens with one attached hydrogen (secondary N) is 2. The monoisotopic (exact) mass is 1160 g/mol. The van der Waals surface area contributed by atoms with Crippen molar-refractivity contribution in [3.05, 3.63) is 144 Å². The number of rotatable bonds is 9. The lowest BCUT2D eigenvalue weighted by Crippen LogP contribution is -2.36. The van der Waals surface area contributed by atoms with Gasteiger partial charge in [-0.2, -0.15) is 13.2 Å². The summed E-state index contributed by atoms with van der Waals surface area (Å²) in [6, 6.07) is 22.3. The minimum Gasteiger partial charge on any atom is -0.497 e. The SMILES string of the molecule is C1COCCN1.COc1cc(-c2cc(NC(=O)c3cccc(C(F)(F)F)c3)ccc2C)nc(N2CCOCC2)c1.COc1cc(Cl)nc(Cl)c1.COc1cc(Cl)nc(N2CCOCC2)c1.O=[N+]([O-])c1cc(Cl)nc(Cl)c1. The van der Waals surface area contributed by atoms with Gasteiger partial charge in [0.2, 0.25) is 0 Å². The highest BCUT2D eigenvalue weighted by Gasteiger charge is 2.31. The molecule has 7 heterocycles. The lowest BCUT2D eigenvalue weighted by atomic mass is 10.0. The topological polar surface area (TPSA) is 198 Å². The van der Waals surface area contributed by atoms with E-state index in [0.717, 1.165) is 105 Å². The largest absolute Gasteiger partial charge is 0.497 e. The van der Waals surface area contributed by atoms with Crippen LogP contribution in [0.25, 0.3) is 11.3 Å². The molecule has 76 heavy (non-hydrogen) atoms. The van der Waals surface area contributed by atoms with Gasteiger partial charge in [0, 0.05) is 92.5 Å². The molecule has 0 atom stereocenters. The van der Waals surface area contributed by atoms with E-state index in [-0.39, 0.29) is 21.6 Å². The van der Waals surface area contributed by atoms with Crippen molar-refractivity contribution in [1.82, 2.24) is 25.3 Å². The number of hydrogen-bond donors (Lipinski definition) is 2. The number of nitrogens with zero attached hydrogens (tertiary/aromatic N) is 7. The number of methoxy groups -OCH3 is 3. The van der Waals surface area contributed by atoms with Gasteiger partial charge in [0.15, 0.2) is 0 Å². The van der Waals surface area contributed by atoms with Crippen molar-refractivity contribution < 1.29 is 51.3 Å². The van der Waals surface area contributed by atoms with Gasteiger partial charge in [-0.05, 0) is 42.8 Å². The Kier molecular flexibility index (Phi) is 24.5. The number of amides is 1. The zero-order valence-electron chi connectivity index (χ0n) is 41.5. The molecule has 18 nitrogen and oxygen atoms in total. The Morgan fingerprint density at radius 3 is 1.59 bits per heavy atom. The molecule has 0 spiro atoms. The molecule has 0 unspecified atom stereocenters. The van der Waals surface area contributed by atoms with Gasteiger partial charge < -0.3 is 48.9 Å². The fourth-order valence-corrected chi connectivity index (χ4v) is 7.97. The number of benzene rings is 2. The smallest absolute Gasteiger partial charge is 0.416 e. The van der Waals surface area contributed by atoms with Crippen LogP contribution in [0.4, 0.5) is 36.2 Å². The van der Waals surface area contributed by atoms with E-state index in [2.05, 4.69) is 35.4 Å². The minimum atomic E-state index is -4.52. The van der Waals surface area contributed by atoms with Crippen molar-refractivity contribution in [1.29, 1.82) is 0 Å². The molecule has 3 aliphatic rings. The molecule has 0 bridgehead atoms. The molecule has 26 heteroatoms. The van der Waals surface area contributed by atoms with Gasteiger partial charge in [0.05, 0.1) is 89.3 Å². The molecule has 0 radical (unpaired) electrons. The summed E-state index contributed by atoms with van der Waals surface area (Å²) in [6.45, 7) is 11.6. The first-order valence-corrected chi connectivity index (χ1v) is 24.9. The van der Waals surface area contributed by atoms with Gasteiger partial charge in [0.1, 0.15) is 54.6 Å². The number of morpholine rings is 3. The first kappa shape index (κ1) is 60.9. The summed E-state index contributed by atoms with van der Waals surface area (Å²) in [7, 11) is 4.75. The van der Waals surface area contributed by atoms with Gasteiger partial charge in [0.25, 0.3) is 11.6 Å². The highest BCUT2D eigenvalue weighted by atomic mass is 35.5. The second-order valence-electron chi connectivity index (χ2n) is 15.9. The molecule has 2 aromatic carbocycles. The first-order chi connectivity index (χ1) is 36.3.